The van der Waals surface area contributed by atoms with Crippen molar-refractivity contribution in [2.24, 2.45) is 0 Å². The Kier molecular flexibility index (Phi) is 7.36. The van der Waals surface area contributed by atoms with Crippen molar-refractivity contribution in [2.75, 3.05) is 41.7 Å². The fourth-order valence-corrected chi connectivity index (χ4v) is 4.00. The smallest absolute Gasteiger partial charge is 0.230 e. The summed E-state index contributed by atoms with van der Waals surface area (Å²) in [5.74, 6) is 1.31. The Labute approximate surface area is 178 Å². The number of rotatable bonds is 7. The maximum atomic E-state index is 12.0. The number of carbonyl (C=O) groups is 1. The zero-order valence-electron chi connectivity index (χ0n) is 17.8. The van der Waals surface area contributed by atoms with Crippen LogP contribution in [-0.2, 0) is 4.79 Å². The van der Waals surface area contributed by atoms with E-state index in [-0.39, 0.29) is 11.9 Å². The van der Waals surface area contributed by atoms with Gasteiger partial charge in [-0.3, -0.25) is 4.79 Å². The summed E-state index contributed by atoms with van der Waals surface area (Å²) < 4.78 is 0. The van der Waals surface area contributed by atoms with E-state index < -0.39 is 0 Å². The first-order chi connectivity index (χ1) is 14.0. The highest BCUT2D eigenvalue weighted by Crippen LogP contribution is 2.24. The Hall–Kier alpha value is -2.28. The van der Waals surface area contributed by atoms with Crippen molar-refractivity contribution < 1.29 is 4.79 Å². The van der Waals surface area contributed by atoms with Crippen LogP contribution in [0, 0.1) is 13.8 Å². The lowest BCUT2D eigenvalue weighted by Gasteiger charge is -2.37. The normalized spacial score (nSPS) is 15.3. The van der Waals surface area contributed by atoms with Gasteiger partial charge in [0.1, 0.15) is 5.82 Å². The molecule has 0 bridgehead atoms. The van der Waals surface area contributed by atoms with Crippen molar-refractivity contribution >= 4 is 29.2 Å². The molecule has 29 heavy (non-hydrogen) atoms. The summed E-state index contributed by atoms with van der Waals surface area (Å²) in [6, 6.07) is 8.79. The average Bonchev–Trinajstić information content (AvgIpc) is 2.74. The number of aryl methyl sites for hydroxylation is 2. The summed E-state index contributed by atoms with van der Waals surface area (Å²) in [7, 11) is 0. The van der Waals surface area contributed by atoms with E-state index in [1.807, 2.05) is 13.0 Å². The fraction of sp³-hybridized carbons (Fsp3) is 0.500. The van der Waals surface area contributed by atoms with E-state index in [1.165, 1.54) is 28.6 Å². The van der Waals surface area contributed by atoms with Crippen LogP contribution in [0.2, 0.25) is 0 Å². The van der Waals surface area contributed by atoms with Gasteiger partial charge in [0, 0.05) is 44.1 Å². The third-order valence-corrected chi connectivity index (χ3v) is 6.14. The Morgan fingerprint density at radius 1 is 1.17 bits per heavy atom. The molecule has 1 aliphatic rings. The molecule has 3 rings (SSSR count). The molecular formula is C22H31N5OS. The Bertz CT molecular complexity index is 836. The van der Waals surface area contributed by atoms with Gasteiger partial charge >= 0.3 is 0 Å². The topological polar surface area (TPSA) is 61.4 Å². The molecule has 2 aromatic rings. The molecule has 0 saturated carbocycles. The van der Waals surface area contributed by atoms with Gasteiger partial charge in [0.15, 0.2) is 5.16 Å². The zero-order chi connectivity index (χ0) is 20.8. The summed E-state index contributed by atoms with van der Waals surface area (Å²) in [4.78, 5) is 25.7. The minimum absolute atomic E-state index is 0.0282. The highest BCUT2D eigenvalue weighted by molar-refractivity contribution is 7.99. The Balaban J connectivity index is 1.56. The number of amides is 1. The number of benzene rings is 1. The van der Waals surface area contributed by atoms with Crippen molar-refractivity contribution in [1.29, 1.82) is 0 Å². The number of nitrogens with one attached hydrogen (secondary N) is 1. The van der Waals surface area contributed by atoms with Crippen LogP contribution in [0.4, 0.5) is 11.5 Å². The molecule has 0 radical (unpaired) electrons. The molecule has 7 heteroatoms. The molecular weight excluding hydrogens is 382 g/mol. The molecule has 1 N–H and O–H groups in total. The molecule has 0 unspecified atom stereocenters. The first-order valence-corrected chi connectivity index (χ1v) is 11.3. The van der Waals surface area contributed by atoms with Gasteiger partial charge in [0.25, 0.3) is 0 Å². The third kappa shape index (κ3) is 5.85. The number of carbonyl (C=O) groups excluding carboxylic acids is 1. The average molecular weight is 414 g/mol. The lowest BCUT2D eigenvalue weighted by Crippen LogP contribution is -2.47. The van der Waals surface area contributed by atoms with Crippen LogP contribution in [0.1, 0.15) is 31.4 Å². The lowest BCUT2D eigenvalue weighted by molar-refractivity contribution is -0.119. The minimum atomic E-state index is 0.0282. The molecule has 156 valence electrons. The monoisotopic (exact) mass is 413 g/mol. The second kappa shape index (κ2) is 9.96. The molecule has 1 aromatic heterocycles. The van der Waals surface area contributed by atoms with E-state index in [0.29, 0.717) is 10.9 Å². The Morgan fingerprint density at radius 2 is 1.90 bits per heavy atom. The largest absolute Gasteiger partial charge is 0.368 e. The van der Waals surface area contributed by atoms with Crippen LogP contribution >= 0.6 is 11.8 Å². The maximum absolute atomic E-state index is 12.0. The summed E-state index contributed by atoms with van der Waals surface area (Å²) in [5, 5.41) is 3.63. The molecule has 1 amide bonds. The quantitative estimate of drug-likeness (QED) is 0.554. The number of aromatic nitrogens is 2. The minimum Gasteiger partial charge on any atom is -0.368 e. The van der Waals surface area contributed by atoms with Crippen LogP contribution in [0.3, 0.4) is 0 Å². The molecule has 1 aliphatic heterocycles. The number of hydrogen-bond acceptors (Lipinski definition) is 6. The van der Waals surface area contributed by atoms with Crippen molar-refractivity contribution in [2.45, 2.75) is 45.3 Å². The number of piperazine rings is 1. The maximum Gasteiger partial charge on any atom is 0.230 e. The van der Waals surface area contributed by atoms with Crippen LogP contribution in [0.25, 0.3) is 0 Å². The van der Waals surface area contributed by atoms with E-state index in [2.05, 4.69) is 64.1 Å². The van der Waals surface area contributed by atoms with Crippen molar-refractivity contribution in [1.82, 2.24) is 15.3 Å². The van der Waals surface area contributed by atoms with Crippen molar-refractivity contribution in [3.8, 4) is 0 Å². The van der Waals surface area contributed by atoms with E-state index in [9.17, 15) is 4.79 Å². The van der Waals surface area contributed by atoms with Gasteiger partial charge < -0.3 is 15.1 Å². The Morgan fingerprint density at radius 3 is 2.62 bits per heavy atom. The molecule has 1 atom stereocenters. The number of nitrogens with zero attached hydrogens (tertiary/aromatic N) is 4. The number of thioether (sulfide) groups is 1. The second-order valence-electron chi connectivity index (χ2n) is 7.63. The van der Waals surface area contributed by atoms with Gasteiger partial charge in [-0.15, -0.1) is 0 Å². The summed E-state index contributed by atoms with van der Waals surface area (Å²) >= 11 is 1.39. The van der Waals surface area contributed by atoms with Gasteiger partial charge in [-0.2, -0.15) is 0 Å². The molecule has 1 fully saturated rings. The van der Waals surface area contributed by atoms with Gasteiger partial charge in [0.05, 0.1) is 5.75 Å². The van der Waals surface area contributed by atoms with Gasteiger partial charge in [-0.05, 0) is 50.5 Å². The fourth-order valence-electron chi connectivity index (χ4n) is 3.36. The number of hydrogen-bond donors (Lipinski definition) is 1. The zero-order valence-corrected chi connectivity index (χ0v) is 18.6. The second-order valence-corrected chi connectivity index (χ2v) is 8.57. The van der Waals surface area contributed by atoms with Gasteiger partial charge in [-0.1, -0.05) is 30.8 Å². The SMILES string of the molecule is CC[C@@H](C)NC(=O)CSc1nccc(N2CCN(c3cc(C)ccc3C)CC2)n1. The van der Waals surface area contributed by atoms with E-state index in [4.69, 9.17) is 0 Å². The van der Waals surface area contributed by atoms with E-state index >= 15 is 0 Å². The predicted molar refractivity (Wildman–Crippen MR) is 121 cm³/mol. The summed E-state index contributed by atoms with van der Waals surface area (Å²) in [6.45, 7) is 12.2. The number of anilines is 2. The van der Waals surface area contributed by atoms with Crippen molar-refractivity contribution in [3.63, 3.8) is 0 Å². The van der Waals surface area contributed by atoms with E-state index in [1.54, 1.807) is 6.20 Å². The third-order valence-electron chi connectivity index (χ3n) is 5.28. The first kappa shape index (κ1) is 21.4. The molecule has 6 nitrogen and oxygen atoms in total. The van der Waals surface area contributed by atoms with Crippen LogP contribution < -0.4 is 15.1 Å². The molecule has 0 spiro atoms. The molecule has 0 aliphatic carbocycles. The summed E-state index contributed by atoms with van der Waals surface area (Å²) in [5.41, 5.74) is 3.94. The lowest BCUT2D eigenvalue weighted by atomic mass is 10.1. The van der Waals surface area contributed by atoms with Crippen LogP contribution in [0.5, 0.6) is 0 Å². The predicted octanol–water partition coefficient (Wildman–Crippen LogP) is 3.43. The summed E-state index contributed by atoms with van der Waals surface area (Å²) in [6.07, 6.45) is 2.71. The molecule has 1 aromatic carbocycles. The van der Waals surface area contributed by atoms with Gasteiger partial charge in [0.2, 0.25) is 5.91 Å². The van der Waals surface area contributed by atoms with Crippen molar-refractivity contribution in [3.05, 3.63) is 41.6 Å². The first-order valence-electron chi connectivity index (χ1n) is 10.3. The van der Waals surface area contributed by atoms with Crippen LogP contribution in [-0.4, -0.2) is 53.8 Å². The van der Waals surface area contributed by atoms with Gasteiger partial charge in [-0.25, -0.2) is 9.97 Å². The molecule has 1 saturated heterocycles. The highest BCUT2D eigenvalue weighted by Gasteiger charge is 2.20. The standard InChI is InChI=1S/C22H31N5OS/c1-5-18(4)24-21(28)15-29-22-23-9-8-20(25-22)27-12-10-26(11-13-27)19-14-16(2)6-7-17(19)3/h6-9,14,18H,5,10-13,15H2,1-4H3,(H,24,28)/t18-/m1/s1. The van der Waals surface area contributed by atoms with E-state index in [0.717, 1.165) is 38.4 Å². The highest BCUT2D eigenvalue weighted by atomic mass is 32.2. The van der Waals surface area contributed by atoms with Crippen LogP contribution in [0.15, 0.2) is 35.6 Å². The molecule has 2 heterocycles.